The van der Waals surface area contributed by atoms with E-state index in [0.29, 0.717) is 0 Å². The number of allylic oxidation sites excluding steroid dienone is 2. The molecule has 1 heterocycles. The number of likely N-dealkylation sites (N-methyl/N-ethyl adjacent to an activating group) is 1. The summed E-state index contributed by atoms with van der Waals surface area (Å²) < 4.78 is 0. The summed E-state index contributed by atoms with van der Waals surface area (Å²) >= 11 is 0. The summed E-state index contributed by atoms with van der Waals surface area (Å²) in [5, 5.41) is 0. The minimum atomic E-state index is 1.00. The molecule has 1 fully saturated rings. The van der Waals surface area contributed by atoms with E-state index in [0.717, 1.165) is 19.6 Å². The zero-order valence-electron chi connectivity index (χ0n) is 9.08. The average Bonchev–Trinajstić information content (AvgIpc) is 2.20. The first kappa shape index (κ1) is 11.2. The van der Waals surface area contributed by atoms with E-state index >= 15 is 0 Å². The van der Waals surface area contributed by atoms with E-state index in [-0.39, 0.29) is 0 Å². The van der Waals surface area contributed by atoms with Gasteiger partial charge in [-0.05, 0) is 12.6 Å². The Balaban J connectivity index is 2.39. The zero-order chi connectivity index (χ0) is 10.4. The molecule has 0 aromatic carbocycles. The van der Waals surface area contributed by atoms with E-state index in [1.807, 2.05) is 18.2 Å². The second kappa shape index (κ2) is 5.78. The van der Waals surface area contributed by atoms with Crippen LogP contribution in [0.4, 0.5) is 0 Å². The molecular formula is C12H20N2. The average molecular weight is 192 g/mol. The molecular weight excluding hydrogens is 172 g/mol. The minimum absolute atomic E-state index is 1.00. The van der Waals surface area contributed by atoms with Gasteiger partial charge in [0.05, 0.1) is 0 Å². The summed E-state index contributed by atoms with van der Waals surface area (Å²) in [5.74, 6) is 0. The molecule has 0 N–H and O–H groups in total. The van der Waals surface area contributed by atoms with Crippen molar-refractivity contribution in [2.75, 3.05) is 39.8 Å². The van der Waals surface area contributed by atoms with Crippen LogP contribution < -0.4 is 0 Å². The molecule has 1 aliphatic rings. The lowest BCUT2D eigenvalue weighted by Crippen LogP contribution is -2.44. The topological polar surface area (TPSA) is 6.48 Å². The SMILES string of the molecule is C=C/C=C(\C=C)CN1CCN(C)CC1. The third-order valence-corrected chi connectivity index (χ3v) is 2.60. The first-order valence-corrected chi connectivity index (χ1v) is 5.11. The summed E-state index contributed by atoms with van der Waals surface area (Å²) in [4.78, 5) is 4.82. The number of rotatable bonds is 4. The zero-order valence-corrected chi connectivity index (χ0v) is 9.08. The van der Waals surface area contributed by atoms with Crippen LogP contribution in [-0.2, 0) is 0 Å². The van der Waals surface area contributed by atoms with Crippen molar-refractivity contribution >= 4 is 0 Å². The monoisotopic (exact) mass is 192 g/mol. The highest BCUT2D eigenvalue weighted by atomic mass is 15.2. The van der Waals surface area contributed by atoms with E-state index < -0.39 is 0 Å². The molecule has 0 amide bonds. The van der Waals surface area contributed by atoms with Crippen LogP contribution in [-0.4, -0.2) is 49.6 Å². The van der Waals surface area contributed by atoms with Crippen LogP contribution in [0, 0.1) is 0 Å². The second-order valence-corrected chi connectivity index (χ2v) is 3.76. The highest BCUT2D eigenvalue weighted by Gasteiger charge is 2.13. The first-order valence-electron chi connectivity index (χ1n) is 5.11. The second-order valence-electron chi connectivity index (χ2n) is 3.76. The molecule has 0 aromatic heterocycles. The van der Waals surface area contributed by atoms with Crippen molar-refractivity contribution in [3.63, 3.8) is 0 Å². The van der Waals surface area contributed by atoms with Crippen molar-refractivity contribution in [3.8, 4) is 0 Å². The van der Waals surface area contributed by atoms with Crippen molar-refractivity contribution in [3.05, 3.63) is 37.0 Å². The van der Waals surface area contributed by atoms with Gasteiger partial charge >= 0.3 is 0 Å². The fourth-order valence-electron chi connectivity index (χ4n) is 1.60. The van der Waals surface area contributed by atoms with Gasteiger partial charge < -0.3 is 4.90 Å². The van der Waals surface area contributed by atoms with E-state index in [1.54, 1.807) is 0 Å². The highest BCUT2D eigenvalue weighted by molar-refractivity contribution is 5.22. The van der Waals surface area contributed by atoms with Gasteiger partial charge in [0.25, 0.3) is 0 Å². The number of hydrogen-bond donors (Lipinski definition) is 0. The van der Waals surface area contributed by atoms with Gasteiger partial charge in [-0.25, -0.2) is 0 Å². The van der Waals surface area contributed by atoms with Crippen molar-refractivity contribution in [2.24, 2.45) is 0 Å². The Morgan fingerprint density at radius 3 is 2.36 bits per heavy atom. The normalized spacial score (nSPS) is 20.8. The molecule has 0 atom stereocenters. The maximum Gasteiger partial charge on any atom is 0.0234 e. The van der Waals surface area contributed by atoms with Gasteiger partial charge in [0.2, 0.25) is 0 Å². The van der Waals surface area contributed by atoms with Crippen molar-refractivity contribution in [1.29, 1.82) is 0 Å². The van der Waals surface area contributed by atoms with E-state index in [1.165, 1.54) is 18.7 Å². The van der Waals surface area contributed by atoms with Crippen LogP contribution in [0.3, 0.4) is 0 Å². The largest absolute Gasteiger partial charge is 0.304 e. The van der Waals surface area contributed by atoms with Gasteiger partial charge in [0.15, 0.2) is 0 Å². The summed E-state index contributed by atoms with van der Waals surface area (Å²) in [6, 6.07) is 0. The lowest BCUT2D eigenvalue weighted by atomic mass is 10.2. The fraction of sp³-hybridized carbons (Fsp3) is 0.500. The predicted octanol–water partition coefficient (Wildman–Crippen LogP) is 1.53. The Labute approximate surface area is 87.2 Å². The molecule has 78 valence electrons. The molecule has 1 aliphatic heterocycles. The van der Waals surface area contributed by atoms with Crippen molar-refractivity contribution < 1.29 is 0 Å². The van der Waals surface area contributed by atoms with Gasteiger partial charge in [-0.15, -0.1) is 0 Å². The molecule has 0 unspecified atom stereocenters. The molecule has 0 aliphatic carbocycles. The van der Waals surface area contributed by atoms with Gasteiger partial charge in [0, 0.05) is 32.7 Å². The molecule has 2 nitrogen and oxygen atoms in total. The van der Waals surface area contributed by atoms with Gasteiger partial charge in [-0.2, -0.15) is 0 Å². The Bertz CT molecular complexity index is 222. The number of hydrogen-bond acceptors (Lipinski definition) is 2. The molecule has 0 spiro atoms. The van der Waals surface area contributed by atoms with Crippen LogP contribution >= 0.6 is 0 Å². The van der Waals surface area contributed by atoms with E-state index in [4.69, 9.17) is 0 Å². The Kier molecular flexibility index (Phi) is 4.63. The lowest BCUT2D eigenvalue weighted by molar-refractivity contribution is 0.165. The number of piperazine rings is 1. The van der Waals surface area contributed by atoms with Crippen molar-refractivity contribution in [1.82, 2.24) is 9.80 Å². The Morgan fingerprint density at radius 1 is 1.21 bits per heavy atom. The smallest absolute Gasteiger partial charge is 0.0234 e. The molecule has 0 saturated carbocycles. The van der Waals surface area contributed by atoms with Crippen LogP contribution in [0.25, 0.3) is 0 Å². The molecule has 1 saturated heterocycles. The van der Waals surface area contributed by atoms with E-state index in [2.05, 4.69) is 30.0 Å². The third-order valence-electron chi connectivity index (χ3n) is 2.60. The van der Waals surface area contributed by atoms with E-state index in [9.17, 15) is 0 Å². The fourth-order valence-corrected chi connectivity index (χ4v) is 1.60. The predicted molar refractivity (Wildman–Crippen MR) is 62.4 cm³/mol. The molecule has 0 aromatic rings. The van der Waals surface area contributed by atoms with Crippen LogP contribution in [0.2, 0.25) is 0 Å². The van der Waals surface area contributed by atoms with Gasteiger partial charge in [0.1, 0.15) is 0 Å². The van der Waals surface area contributed by atoms with Crippen LogP contribution in [0.15, 0.2) is 37.0 Å². The highest BCUT2D eigenvalue weighted by Crippen LogP contribution is 2.04. The Hall–Kier alpha value is -0.860. The quantitative estimate of drug-likeness (QED) is 0.623. The summed E-state index contributed by atoms with van der Waals surface area (Å²) in [5.41, 5.74) is 1.25. The first-order chi connectivity index (χ1) is 6.76. The molecule has 2 heteroatoms. The Morgan fingerprint density at radius 2 is 1.86 bits per heavy atom. The summed E-state index contributed by atoms with van der Waals surface area (Å²) in [6.07, 6.45) is 5.78. The number of nitrogens with zero attached hydrogens (tertiary/aromatic N) is 2. The molecule has 14 heavy (non-hydrogen) atoms. The summed E-state index contributed by atoms with van der Waals surface area (Å²) in [6.45, 7) is 13.1. The molecule has 0 radical (unpaired) electrons. The standard InChI is InChI=1S/C12H20N2/c1-4-6-12(5-2)11-14-9-7-13(3)8-10-14/h4-6H,1-2,7-11H2,3H3/b12-6+. The molecule has 1 rings (SSSR count). The summed E-state index contributed by atoms with van der Waals surface area (Å²) in [7, 11) is 2.17. The lowest BCUT2D eigenvalue weighted by Gasteiger charge is -2.32. The van der Waals surface area contributed by atoms with Crippen LogP contribution in [0.5, 0.6) is 0 Å². The minimum Gasteiger partial charge on any atom is -0.304 e. The van der Waals surface area contributed by atoms with Crippen LogP contribution in [0.1, 0.15) is 0 Å². The van der Waals surface area contributed by atoms with Crippen molar-refractivity contribution in [2.45, 2.75) is 0 Å². The maximum atomic E-state index is 3.81. The van der Waals surface area contributed by atoms with Gasteiger partial charge in [-0.3, -0.25) is 4.90 Å². The van der Waals surface area contributed by atoms with Gasteiger partial charge in [-0.1, -0.05) is 31.4 Å². The third kappa shape index (κ3) is 3.48. The maximum absolute atomic E-state index is 3.81. The molecule has 0 bridgehead atoms.